The largest absolute Gasteiger partial charge is 0.305 e. The van der Waals surface area contributed by atoms with Crippen LogP contribution in [-0.2, 0) is 14.3 Å². The first-order valence-corrected chi connectivity index (χ1v) is 7.78. The summed E-state index contributed by atoms with van der Waals surface area (Å²) >= 11 is 0. The fourth-order valence-corrected chi connectivity index (χ4v) is 2.92. The lowest BCUT2D eigenvalue weighted by Gasteiger charge is -2.13. The van der Waals surface area contributed by atoms with Crippen molar-refractivity contribution in [3.05, 3.63) is 0 Å². The minimum atomic E-state index is -2.05. The van der Waals surface area contributed by atoms with Crippen LogP contribution in [0.15, 0.2) is 0 Å². The molecular weight excluding hydrogens is 210 g/mol. The summed E-state index contributed by atoms with van der Waals surface area (Å²) in [6.45, 7) is 3.90. The first kappa shape index (κ1) is 12.7. The third-order valence-electron chi connectivity index (χ3n) is 2.91. The van der Waals surface area contributed by atoms with E-state index in [1.165, 1.54) is 5.37 Å². The first-order valence-electron chi connectivity index (χ1n) is 5.35. The topological polar surface area (TPSA) is 37.4 Å². The van der Waals surface area contributed by atoms with E-state index < -0.39 is 9.52 Å². The third kappa shape index (κ3) is 3.61. The molecule has 0 amide bonds. The Hall–Kier alpha value is -0.350. The van der Waals surface area contributed by atoms with E-state index in [4.69, 9.17) is 0 Å². The Morgan fingerprint density at radius 3 is 2.53 bits per heavy atom. The zero-order chi connectivity index (χ0) is 11.6. The summed E-state index contributed by atoms with van der Waals surface area (Å²) in [5.74, 6) is 0.558. The van der Waals surface area contributed by atoms with Crippen molar-refractivity contribution in [3.8, 4) is 0 Å². The SMILES string of the molecule is CC[C@@H]1CN(C)C[C@@H]1C(=O)C=S(C)(C)=O. The molecule has 0 aromatic carbocycles. The fourth-order valence-electron chi connectivity index (χ4n) is 2.19. The van der Waals surface area contributed by atoms with Gasteiger partial charge in [-0.1, -0.05) is 13.3 Å². The highest BCUT2D eigenvalue weighted by molar-refractivity contribution is 8.01. The normalized spacial score (nSPS) is 28.0. The van der Waals surface area contributed by atoms with Crippen LogP contribution in [0.25, 0.3) is 0 Å². The van der Waals surface area contributed by atoms with E-state index in [0.717, 1.165) is 19.5 Å². The van der Waals surface area contributed by atoms with E-state index in [2.05, 4.69) is 11.8 Å². The zero-order valence-electron chi connectivity index (χ0n) is 10.0. The molecule has 0 bridgehead atoms. The van der Waals surface area contributed by atoms with Crippen LogP contribution in [-0.4, -0.2) is 52.9 Å². The lowest BCUT2D eigenvalue weighted by Crippen LogP contribution is -2.25. The average Bonchev–Trinajstić information content (AvgIpc) is 2.43. The van der Waals surface area contributed by atoms with Crippen molar-refractivity contribution in [2.24, 2.45) is 11.8 Å². The number of hydrogen-bond donors (Lipinski definition) is 0. The molecule has 2 atom stereocenters. The van der Waals surface area contributed by atoms with Gasteiger partial charge < -0.3 is 4.90 Å². The summed E-state index contributed by atoms with van der Waals surface area (Å²) in [6.07, 6.45) is 4.25. The van der Waals surface area contributed by atoms with Crippen LogP contribution in [0.2, 0.25) is 0 Å². The van der Waals surface area contributed by atoms with Crippen LogP contribution in [0, 0.1) is 11.8 Å². The Labute approximate surface area is 92.9 Å². The molecule has 0 spiro atoms. The summed E-state index contributed by atoms with van der Waals surface area (Å²) in [6, 6.07) is 0. The Balaban J connectivity index is 2.80. The maximum Gasteiger partial charge on any atom is 0.168 e. The van der Waals surface area contributed by atoms with E-state index in [1.807, 2.05) is 7.05 Å². The molecule has 1 aliphatic rings. The molecule has 0 aromatic rings. The highest BCUT2D eigenvalue weighted by Crippen LogP contribution is 2.25. The Morgan fingerprint density at radius 2 is 2.07 bits per heavy atom. The summed E-state index contributed by atoms with van der Waals surface area (Å²) in [4.78, 5) is 14.1. The maximum atomic E-state index is 11.9. The maximum absolute atomic E-state index is 11.9. The minimum Gasteiger partial charge on any atom is -0.305 e. The smallest absolute Gasteiger partial charge is 0.168 e. The van der Waals surface area contributed by atoms with Crippen LogP contribution in [0.4, 0.5) is 0 Å². The molecule has 1 heterocycles. The van der Waals surface area contributed by atoms with Crippen LogP contribution in [0.3, 0.4) is 0 Å². The highest BCUT2D eigenvalue weighted by Gasteiger charge is 2.33. The van der Waals surface area contributed by atoms with Crippen molar-refractivity contribution in [2.75, 3.05) is 32.6 Å². The molecule has 4 heteroatoms. The van der Waals surface area contributed by atoms with E-state index in [0.29, 0.717) is 5.92 Å². The minimum absolute atomic E-state index is 0.0562. The van der Waals surface area contributed by atoms with E-state index in [9.17, 15) is 9.00 Å². The zero-order valence-corrected chi connectivity index (χ0v) is 10.8. The molecule has 3 nitrogen and oxygen atoms in total. The van der Waals surface area contributed by atoms with Crippen molar-refractivity contribution >= 4 is 20.7 Å². The van der Waals surface area contributed by atoms with Gasteiger partial charge in [0.15, 0.2) is 5.78 Å². The van der Waals surface area contributed by atoms with Gasteiger partial charge in [-0.3, -0.25) is 9.00 Å². The van der Waals surface area contributed by atoms with Gasteiger partial charge in [0.05, 0.1) is 0 Å². The van der Waals surface area contributed by atoms with Crippen LogP contribution in [0.1, 0.15) is 13.3 Å². The molecule has 1 saturated heterocycles. The van der Waals surface area contributed by atoms with Gasteiger partial charge in [0.1, 0.15) is 0 Å². The molecule has 88 valence electrons. The number of hydrogen-bond acceptors (Lipinski definition) is 3. The van der Waals surface area contributed by atoms with E-state index in [-0.39, 0.29) is 11.7 Å². The summed E-state index contributed by atoms with van der Waals surface area (Å²) in [5.41, 5.74) is 0. The van der Waals surface area contributed by atoms with Gasteiger partial charge in [-0.25, -0.2) is 0 Å². The predicted octanol–water partition coefficient (Wildman–Crippen LogP) is 0.490. The van der Waals surface area contributed by atoms with Gasteiger partial charge in [-0.2, -0.15) is 0 Å². The van der Waals surface area contributed by atoms with Gasteiger partial charge >= 0.3 is 0 Å². The molecule has 15 heavy (non-hydrogen) atoms. The number of carbonyl (C=O) groups is 1. The van der Waals surface area contributed by atoms with Crippen molar-refractivity contribution in [3.63, 3.8) is 0 Å². The lowest BCUT2D eigenvalue weighted by atomic mass is 9.91. The number of rotatable bonds is 3. The summed E-state index contributed by atoms with van der Waals surface area (Å²) < 4.78 is 11.5. The molecule has 1 rings (SSSR count). The number of likely N-dealkylation sites (tertiary alicyclic amines) is 1. The number of ketones is 1. The second-order valence-electron chi connectivity index (χ2n) is 4.83. The standard InChI is InChI=1S/C11H21NO2S/c1-5-9-6-12(2)7-10(9)11(13)8-15(3,4)14/h8-10H,5-7H2,1-4H3/t9-,10+/m1/s1. The average molecular weight is 231 g/mol. The lowest BCUT2D eigenvalue weighted by molar-refractivity contribution is -0.116. The fraction of sp³-hybridized carbons (Fsp3) is 0.818. The van der Waals surface area contributed by atoms with Gasteiger partial charge in [0.2, 0.25) is 0 Å². The van der Waals surface area contributed by atoms with E-state index in [1.54, 1.807) is 12.5 Å². The Morgan fingerprint density at radius 1 is 1.47 bits per heavy atom. The molecule has 1 aliphatic heterocycles. The molecule has 0 unspecified atom stereocenters. The van der Waals surface area contributed by atoms with Gasteiger partial charge in [0.25, 0.3) is 0 Å². The molecule has 0 radical (unpaired) electrons. The molecule has 0 aromatic heterocycles. The van der Waals surface area contributed by atoms with Gasteiger partial charge in [-0.15, -0.1) is 0 Å². The van der Waals surface area contributed by atoms with Crippen molar-refractivity contribution in [1.82, 2.24) is 4.90 Å². The quantitative estimate of drug-likeness (QED) is 0.663. The number of nitrogens with zero attached hydrogens (tertiary/aromatic N) is 1. The third-order valence-corrected chi connectivity index (χ3v) is 3.71. The molecular formula is C11H21NO2S. The second-order valence-corrected chi connectivity index (χ2v) is 7.68. The monoisotopic (exact) mass is 231 g/mol. The van der Waals surface area contributed by atoms with Crippen LogP contribution in [0.5, 0.6) is 0 Å². The second kappa shape index (κ2) is 4.66. The Bertz CT molecular complexity index is 348. The van der Waals surface area contributed by atoms with Gasteiger partial charge in [0, 0.05) is 36.9 Å². The summed E-state index contributed by atoms with van der Waals surface area (Å²) in [5, 5.41) is 1.43. The number of carbonyl (C=O) groups excluding carboxylic acids is 1. The van der Waals surface area contributed by atoms with Crippen LogP contribution < -0.4 is 0 Å². The molecule has 1 fully saturated rings. The first-order chi connectivity index (χ1) is 6.83. The number of Topliss-reactive ketones (excluding diaryl/α,β-unsaturated/α-hetero) is 1. The predicted molar refractivity (Wildman–Crippen MR) is 65.8 cm³/mol. The van der Waals surface area contributed by atoms with Gasteiger partial charge in [-0.05, 0) is 22.5 Å². The van der Waals surface area contributed by atoms with E-state index >= 15 is 0 Å². The Kier molecular flexibility index (Phi) is 3.95. The molecule has 0 N–H and O–H groups in total. The van der Waals surface area contributed by atoms with Crippen molar-refractivity contribution in [2.45, 2.75) is 13.3 Å². The molecule has 0 aliphatic carbocycles. The summed E-state index contributed by atoms with van der Waals surface area (Å²) in [7, 11) is -0.0201. The highest BCUT2D eigenvalue weighted by atomic mass is 32.2. The van der Waals surface area contributed by atoms with Crippen LogP contribution >= 0.6 is 0 Å². The van der Waals surface area contributed by atoms with Crippen molar-refractivity contribution in [1.29, 1.82) is 0 Å². The molecule has 0 saturated carbocycles. The van der Waals surface area contributed by atoms with Crippen molar-refractivity contribution < 1.29 is 9.00 Å².